The van der Waals surface area contributed by atoms with Crippen molar-refractivity contribution in [3.63, 3.8) is 0 Å². The molecule has 4 aromatic rings. The third-order valence-corrected chi connectivity index (χ3v) is 4.92. The van der Waals surface area contributed by atoms with Crippen molar-refractivity contribution in [2.75, 3.05) is 0 Å². The van der Waals surface area contributed by atoms with Gasteiger partial charge in [0.25, 0.3) is 0 Å². The molecule has 0 atom stereocenters. The highest BCUT2D eigenvalue weighted by Crippen LogP contribution is 2.31. The van der Waals surface area contributed by atoms with E-state index < -0.39 is 0 Å². The van der Waals surface area contributed by atoms with Crippen LogP contribution in [0.3, 0.4) is 0 Å². The number of rotatable bonds is 4. The number of nitrogens with one attached hydrogen (secondary N) is 1. The van der Waals surface area contributed by atoms with Crippen LogP contribution in [0.2, 0.25) is 0 Å². The summed E-state index contributed by atoms with van der Waals surface area (Å²) in [5.74, 6) is 0. The molecule has 1 N–H and O–H groups in total. The van der Waals surface area contributed by atoms with Gasteiger partial charge in [-0.3, -0.25) is 0 Å². The minimum Gasteiger partial charge on any atom is -0.355 e. The first-order valence-electron chi connectivity index (χ1n) is 9.34. The van der Waals surface area contributed by atoms with Crippen molar-refractivity contribution < 1.29 is 0 Å². The van der Waals surface area contributed by atoms with Crippen LogP contribution in [0.5, 0.6) is 0 Å². The lowest BCUT2D eigenvalue weighted by molar-refractivity contribution is 1.53. The molecule has 1 nitrogen and oxygen atoms in total. The van der Waals surface area contributed by atoms with E-state index in [-0.39, 0.29) is 0 Å². The molecule has 0 unspecified atom stereocenters. The van der Waals surface area contributed by atoms with Crippen molar-refractivity contribution in [1.29, 1.82) is 0 Å². The third-order valence-electron chi connectivity index (χ3n) is 4.92. The normalized spacial score (nSPS) is 12.7. The zero-order chi connectivity index (χ0) is 18.6. The summed E-state index contributed by atoms with van der Waals surface area (Å²) in [7, 11) is 0. The Kier molecular flexibility index (Phi) is 4.76. The highest BCUT2D eigenvalue weighted by Gasteiger charge is 2.07. The highest BCUT2D eigenvalue weighted by atomic mass is 14.7. The lowest BCUT2D eigenvalue weighted by atomic mass is 10.0. The summed E-state index contributed by atoms with van der Waals surface area (Å²) in [5, 5.41) is 2.54. The number of aromatic nitrogens is 1. The minimum absolute atomic E-state index is 1.18. The Morgan fingerprint density at radius 3 is 2.26 bits per heavy atom. The second kappa shape index (κ2) is 7.51. The van der Waals surface area contributed by atoms with E-state index in [9.17, 15) is 0 Å². The summed E-state index contributed by atoms with van der Waals surface area (Å²) in [5.41, 5.74) is 7.35. The van der Waals surface area contributed by atoms with Gasteiger partial charge in [-0.1, -0.05) is 72.8 Å². The van der Waals surface area contributed by atoms with Crippen LogP contribution < -0.4 is 0 Å². The van der Waals surface area contributed by atoms with Crippen LogP contribution >= 0.6 is 0 Å². The number of fused-ring (bicyclic) bond motifs is 3. The molecule has 1 aromatic heterocycles. The molecule has 4 rings (SSSR count). The Morgan fingerprint density at radius 1 is 0.741 bits per heavy atom. The van der Waals surface area contributed by atoms with Gasteiger partial charge in [-0.2, -0.15) is 0 Å². The van der Waals surface area contributed by atoms with Crippen LogP contribution in [0.4, 0.5) is 0 Å². The molecule has 132 valence electrons. The van der Waals surface area contributed by atoms with Gasteiger partial charge < -0.3 is 4.98 Å². The van der Waals surface area contributed by atoms with Gasteiger partial charge in [0.05, 0.1) is 0 Å². The smallest absolute Gasteiger partial charge is 0.0465 e. The largest absolute Gasteiger partial charge is 0.355 e. The zero-order valence-corrected chi connectivity index (χ0v) is 15.7. The number of benzene rings is 3. The van der Waals surface area contributed by atoms with E-state index in [1.54, 1.807) is 0 Å². The molecule has 1 heteroatoms. The second-order valence-electron chi connectivity index (χ2n) is 6.77. The summed E-state index contributed by atoms with van der Waals surface area (Å²) in [6, 6.07) is 23.9. The van der Waals surface area contributed by atoms with E-state index in [4.69, 9.17) is 0 Å². The van der Waals surface area contributed by atoms with Gasteiger partial charge in [-0.15, -0.1) is 0 Å². The standard InChI is InChI=1S/C26H23N/c1-3-4-5-7-10-19(2)21-13-15-25-23(17-21)24-18-22(14-16-26(24)27-25)20-11-8-6-9-12-20/h3-18,27H,1-2H3/b4-3-,7-5-,19-10?. The van der Waals surface area contributed by atoms with Crippen LogP contribution in [0.25, 0.3) is 38.5 Å². The first kappa shape index (κ1) is 17.1. The number of aromatic amines is 1. The van der Waals surface area contributed by atoms with Gasteiger partial charge in [-0.05, 0) is 60.4 Å². The monoisotopic (exact) mass is 349 g/mol. The molecular formula is C26H23N. The average molecular weight is 349 g/mol. The quantitative estimate of drug-likeness (QED) is 0.367. The van der Waals surface area contributed by atoms with E-state index in [0.717, 1.165) is 0 Å². The van der Waals surface area contributed by atoms with E-state index in [1.807, 2.05) is 19.1 Å². The molecule has 0 aliphatic carbocycles. The Bertz CT molecular complexity index is 1170. The molecule has 27 heavy (non-hydrogen) atoms. The topological polar surface area (TPSA) is 15.8 Å². The van der Waals surface area contributed by atoms with Gasteiger partial charge in [0, 0.05) is 21.8 Å². The molecular weight excluding hydrogens is 326 g/mol. The molecule has 0 amide bonds. The fraction of sp³-hybridized carbons (Fsp3) is 0.0769. The van der Waals surface area contributed by atoms with Crippen LogP contribution in [-0.2, 0) is 0 Å². The second-order valence-corrected chi connectivity index (χ2v) is 6.77. The van der Waals surface area contributed by atoms with Crippen molar-refractivity contribution in [3.05, 3.63) is 103 Å². The number of hydrogen-bond donors (Lipinski definition) is 1. The van der Waals surface area contributed by atoms with Gasteiger partial charge >= 0.3 is 0 Å². The highest BCUT2D eigenvalue weighted by molar-refractivity contribution is 6.09. The summed E-state index contributed by atoms with van der Waals surface area (Å²) in [6.07, 6.45) is 10.4. The molecule has 0 aliphatic rings. The fourth-order valence-corrected chi connectivity index (χ4v) is 3.42. The molecule has 0 saturated carbocycles. The van der Waals surface area contributed by atoms with Crippen molar-refractivity contribution in [3.8, 4) is 11.1 Å². The zero-order valence-electron chi connectivity index (χ0n) is 15.7. The van der Waals surface area contributed by atoms with Gasteiger partial charge in [0.1, 0.15) is 0 Å². The summed E-state index contributed by atoms with van der Waals surface area (Å²) in [4.78, 5) is 3.54. The van der Waals surface area contributed by atoms with Crippen molar-refractivity contribution in [1.82, 2.24) is 4.98 Å². The molecule has 0 fully saturated rings. The summed E-state index contributed by atoms with van der Waals surface area (Å²) in [6.45, 7) is 4.18. The van der Waals surface area contributed by atoms with Crippen molar-refractivity contribution in [2.45, 2.75) is 13.8 Å². The Hall–Kier alpha value is -3.32. The van der Waals surface area contributed by atoms with Crippen LogP contribution in [0.1, 0.15) is 19.4 Å². The van der Waals surface area contributed by atoms with Crippen LogP contribution in [-0.4, -0.2) is 4.98 Å². The first-order chi connectivity index (χ1) is 13.3. The summed E-state index contributed by atoms with van der Waals surface area (Å²) < 4.78 is 0. The fourth-order valence-electron chi connectivity index (χ4n) is 3.42. The maximum absolute atomic E-state index is 3.54. The van der Waals surface area contributed by atoms with E-state index >= 15 is 0 Å². The van der Waals surface area contributed by atoms with Gasteiger partial charge in [0.15, 0.2) is 0 Å². The van der Waals surface area contributed by atoms with Gasteiger partial charge in [-0.25, -0.2) is 0 Å². The predicted molar refractivity (Wildman–Crippen MR) is 119 cm³/mol. The summed E-state index contributed by atoms with van der Waals surface area (Å²) >= 11 is 0. The van der Waals surface area contributed by atoms with Gasteiger partial charge in [0.2, 0.25) is 0 Å². The Morgan fingerprint density at radius 2 is 1.48 bits per heavy atom. The first-order valence-corrected chi connectivity index (χ1v) is 9.34. The van der Waals surface area contributed by atoms with Crippen LogP contribution in [0, 0.1) is 0 Å². The van der Waals surface area contributed by atoms with E-state index in [2.05, 4.69) is 96.9 Å². The lowest BCUT2D eigenvalue weighted by Gasteiger charge is -2.03. The maximum Gasteiger partial charge on any atom is 0.0465 e. The van der Waals surface area contributed by atoms with Crippen molar-refractivity contribution >= 4 is 27.4 Å². The molecule has 0 aliphatic heterocycles. The van der Waals surface area contributed by atoms with Crippen LogP contribution in [0.15, 0.2) is 97.1 Å². The minimum atomic E-state index is 1.18. The Balaban J connectivity index is 1.81. The number of hydrogen-bond acceptors (Lipinski definition) is 0. The molecule has 0 radical (unpaired) electrons. The SMILES string of the molecule is C/C=C\C=C/C=C(C)c1ccc2[nH]c3ccc(-c4ccccc4)cc3c2c1. The number of H-pyrrole nitrogens is 1. The average Bonchev–Trinajstić information content (AvgIpc) is 3.09. The predicted octanol–water partition coefficient (Wildman–Crippen LogP) is 7.52. The molecule has 3 aromatic carbocycles. The molecule has 1 heterocycles. The molecule has 0 saturated heterocycles. The maximum atomic E-state index is 3.54. The van der Waals surface area contributed by atoms with E-state index in [0.29, 0.717) is 0 Å². The molecule has 0 spiro atoms. The molecule has 0 bridgehead atoms. The Labute approximate surface area is 160 Å². The number of allylic oxidation sites excluding steroid dienone is 6. The van der Waals surface area contributed by atoms with E-state index in [1.165, 1.54) is 44.1 Å². The third kappa shape index (κ3) is 3.50. The van der Waals surface area contributed by atoms with Crippen molar-refractivity contribution in [2.24, 2.45) is 0 Å². The lowest BCUT2D eigenvalue weighted by Crippen LogP contribution is -1.79.